The van der Waals surface area contributed by atoms with Crippen molar-refractivity contribution in [1.29, 1.82) is 0 Å². The summed E-state index contributed by atoms with van der Waals surface area (Å²) in [6.45, 7) is 0. The Morgan fingerprint density at radius 1 is 1.67 bits per heavy atom. The van der Waals surface area contributed by atoms with Gasteiger partial charge in [-0.1, -0.05) is 9.45 Å². The minimum absolute atomic E-state index is 0.0581. The first-order valence-corrected chi connectivity index (χ1v) is 5.10. The summed E-state index contributed by atoms with van der Waals surface area (Å²) in [5.41, 5.74) is 0. The van der Waals surface area contributed by atoms with Crippen LogP contribution in [0.2, 0.25) is 0 Å². The van der Waals surface area contributed by atoms with Gasteiger partial charge in [-0.05, 0) is 29.6 Å². The van der Waals surface area contributed by atoms with Crippen molar-refractivity contribution < 1.29 is 0 Å². The molecule has 0 radical (unpaired) electrons. The van der Waals surface area contributed by atoms with E-state index >= 15 is 0 Å². The van der Waals surface area contributed by atoms with E-state index in [0.29, 0.717) is 0 Å². The fourth-order valence-electron chi connectivity index (χ4n) is 0.517. The average Bonchev–Trinajstić information content (AvgIpc) is 1.90. The van der Waals surface area contributed by atoms with Crippen LogP contribution in [0.5, 0.6) is 0 Å². The summed E-state index contributed by atoms with van der Waals surface area (Å²) < 4.78 is 0. The van der Waals surface area contributed by atoms with Crippen LogP contribution < -0.4 is 0 Å². The first-order valence-electron chi connectivity index (χ1n) is 2.54. The monoisotopic (exact) mass is 157 g/mol. The molecule has 1 aromatic heterocycles. The molecule has 1 aromatic rings. The van der Waals surface area contributed by atoms with Crippen molar-refractivity contribution in [2.75, 3.05) is 6.26 Å². The van der Waals surface area contributed by atoms with Crippen molar-refractivity contribution in [1.82, 2.24) is 4.98 Å². The van der Waals surface area contributed by atoms with Crippen LogP contribution in [-0.4, -0.2) is 11.2 Å². The van der Waals surface area contributed by atoms with Crippen molar-refractivity contribution in [2.45, 2.75) is 4.90 Å². The molecule has 0 aliphatic heterocycles. The van der Waals surface area contributed by atoms with E-state index in [4.69, 9.17) is 11.2 Å². The predicted octanol–water partition coefficient (Wildman–Crippen LogP) is 1.15. The van der Waals surface area contributed by atoms with Gasteiger partial charge < -0.3 is 0 Å². The minimum atomic E-state index is -0.0581. The summed E-state index contributed by atoms with van der Waals surface area (Å²) in [6.07, 6.45) is 5.58. The Hall–Kier alpha value is -0.280. The molecular formula is C6H7NS2. The summed E-state index contributed by atoms with van der Waals surface area (Å²) in [5, 5.41) is 0. The Bertz CT molecular complexity index is 208. The Morgan fingerprint density at radius 3 is 2.78 bits per heavy atom. The zero-order valence-electron chi connectivity index (χ0n) is 5.07. The molecular weight excluding hydrogens is 150 g/mol. The third-order valence-electron chi connectivity index (χ3n) is 0.966. The van der Waals surface area contributed by atoms with Gasteiger partial charge in [0.2, 0.25) is 0 Å². The Balaban J connectivity index is 2.98. The van der Waals surface area contributed by atoms with Crippen molar-refractivity contribution >= 4 is 20.6 Å². The van der Waals surface area contributed by atoms with Crippen molar-refractivity contribution in [3.8, 4) is 0 Å². The van der Waals surface area contributed by atoms with E-state index in [0.717, 1.165) is 4.90 Å². The van der Waals surface area contributed by atoms with Gasteiger partial charge in [-0.25, -0.2) is 0 Å². The quantitative estimate of drug-likeness (QED) is 0.606. The highest BCUT2D eigenvalue weighted by Gasteiger charge is 1.87. The average molecular weight is 157 g/mol. The van der Waals surface area contributed by atoms with Gasteiger partial charge in [0.1, 0.15) is 0 Å². The molecule has 0 N–H and O–H groups in total. The Kier molecular flexibility index (Phi) is 2.30. The van der Waals surface area contributed by atoms with Gasteiger partial charge >= 0.3 is 0 Å². The predicted molar refractivity (Wildman–Crippen MR) is 43.2 cm³/mol. The third-order valence-corrected chi connectivity index (χ3v) is 2.45. The molecule has 0 amide bonds. The molecule has 48 valence electrons. The normalized spacial score (nSPS) is 13.0. The number of hydrogen-bond donors (Lipinski definition) is 0. The van der Waals surface area contributed by atoms with Gasteiger partial charge in [0, 0.05) is 17.3 Å². The van der Waals surface area contributed by atoms with Crippen LogP contribution >= 0.6 is 0 Å². The van der Waals surface area contributed by atoms with Gasteiger partial charge in [0.25, 0.3) is 0 Å². The molecule has 1 atom stereocenters. The molecule has 3 heteroatoms. The Labute approximate surface area is 61.7 Å². The van der Waals surface area contributed by atoms with E-state index < -0.39 is 0 Å². The summed E-state index contributed by atoms with van der Waals surface area (Å²) in [5.74, 6) is 0. The topological polar surface area (TPSA) is 12.9 Å². The third kappa shape index (κ3) is 1.84. The highest BCUT2D eigenvalue weighted by atomic mass is 32.8. The van der Waals surface area contributed by atoms with E-state index in [-0.39, 0.29) is 9.45 Å². The van der Waals surface area contributed by atoms with Crippen molar-refractivity contribution in [3.63, 3.8) is 0 Å². The molecule has 0 aromatic carbocycles. The van der Waals surface area contributed by atoms with Gasteiger partial charge in [0.05, 0.1) is 0 Å². The van der Waals surface area contributed by atoms with Crippen LogP contribution in [0.1, 0.15) is 0 Å². The fourth-order valence-corrected chi connectivity index (χ4v) is 1.29. The molecule has 0 aliphatic rings. The van der Waals surface area contributed by atoms with Crippen LogP contribution in [0.3, 0.4) is 0 Å². The van der Waals surface area contributed by atoms with Crippen LogP contribution in [0.25, 0.3) is 0 Å². The van der Waals surface area contributed by atoms with Gasteiger partial charge in [-0.3, -0.25) is 4.98 Å². The lowest BCUT2D eigenvalue weighted by atomic mass is 10.5. The van der Waals surface area contributed by atoms with Gasteiger partial charge in [0.15, 0.2) is 0 Å². The molecule has 0 saturated carbocycles. The second kappa shape index (κ2) is 3.03. The van der Waals surface area contributed by atoms with E-state index in [1.165, 1.54) is 0 Å². The van der Waals surface area contributed by atoms with Crippen LogP contribution in [0, 0.1) is 0 Å². The molecule has 9 heavy (non-hydrogen) atoms. The molecule has 0 bridgehead atoms. The standard InChI is InChI=1S/C6H7NS2/c1-9(8)6-3-2-4-7-5-6/h2-5H,1H3. The van der Waals surface area contributed by atoms with Crippen LogP contribution in [-0.2, 0) is 20.6 Å². The largest absolute Gasteiger partial charge is 0.264 e. The highest BCUT2D eigenvalue weighted by Crippen LogP contribution is 1.99. The van der Waals surface area contributed by atoms with E-state index in [2.05, 4.69) is 4.98 Å². The lowest BCUT2D eigenvalue weighted by molar-refractivity contribution is 1.24. The first-order chi connectivity index (χ1) is 4.30. The van der Waals surface area contributed by atoms with Gasteiger partial charge in [-0.15, -0.1) is 0 Å². The fraction of sp³-hybridized carbons (Fsp3) is 0.167. The van der Waals surface area contributed by atoms with Crippen molar-refractivity contribution in [3.05, 3.63) is 24.5 Å². The number of hydrogen-bond acceptors (Lipinski definition) is 2. The second-order valence-corrected chi connectivity index (χ2v) is 4.52. The molecule has 0 fully saturated rings. The molecule has 0 aliphatic carbocycles. The molecule has 1 unspecified atom stereocenters. The molecule has 1 heterocycles. The van der Waals surface area contributed by atoms with Gasteiger partial charge in [-0.2, -0.15) is 0 Å². The van der Waals surface area contributed by atoms with E-state index in [1.807, 2.05) is 24.6 Å². The summed E-state index contributed by atoms with van der Waals surface area (Å²) in [4.78, 5) is 5.09. The summed E-state index contributed by atoms with van der Waals surface area (Å²) >= 11 is 5.03. The second-order valence-electron chi connectivity index (χ2n) is 1.64. The maximum atomic E-state index is 5.03. The molecule has 0 saturated heterocycles. The smallest absolute Gasteiger partial charge is 0.0406 e. The number of pyridine rings is 1. The number of rotatable bonds is 1. The summed E-state index contributed by atoms with van der Waals surface area (Å²) in [7, 11) is -0.0581. The summed E-state index contributed by atoms with van der Waals surface area (Å²) in [6, 6.07) is 3.91. The lowest BCUT2D eigenvalue weighted by Gasteiger charge is -1.93. The van der Waals surface area contributed by atoms with E-state index in [1.54, 1.807) is 6.20 Å². The Morgan fingerprint density at radius 2 is 2.44 bits per heavy atom. The number of aromatic nitrogens is 1. The van der Waals surface area contributed by atoms with Crippen molar-refractivity contribution in [2.24, 2.45) is 0 Å². The number of nitrogens with zero attached hydrogens (tertiary/aromatic N) is 1. The lowest BCUT2D eigenvalue weighted by Crippen LogP contribution is -1.84. The zero-order valence-corrected chi connectivity index (χ0v) is 6.71. The molecule has 0 spiro atoms. The van der Waals surface area contributed by atoms with E-state index in [9.17, 15) is 0 Å². The highest BCUT2D eigenvalue weighted by molar-refractivity contribution is 8.28. The minimum Gasteiger partial charge on any atom is -0.264 e. The zero-order chi connectivity index (χ0) is 6.69. The maximum Gasteiger partial charge on any atom is 0.0406 e. The van der Waals surface area contributed by atoms with Crippen LogP contribution in [0.4, 0.5) is 0 Å². The first kappa shape index (κ1) is 6.83. The van der Waals surface area contributed by atoms with Crippen LogP contribution in [0.15, 0.2) is 29.4 Å². The molecule has 1 rings (SSSR count). The SMILES string of the molecule is CS(=S)c1cccnc1. The maximum absolute atomic E-state index is 5.03. The molecule has 1 nitrogen and oxygen atoms in total.